The highest BCUT2D eigenvalue weighted by atomic mass is 16.5. The highest BCUT2D eigenvalue weighted by Crippen LogP contribution is 2.30. The van der Waals surface area contributed by atoms with Crippen molar-refractivity contribution in [3.63, 3.8) is 0 Å². The lowest BCUT2D eigenvalue weighted by atomic mass is 10.00. The van der Waals surface area contributed by atoms with Gasteiger partial charge in [-0.05, 0) is 86.1 Å². The van der Waals surface area contributed by atoms with E-state index in [0.29, 0.717) is 42.4 Å². The molecule has 0 spiro atoms. The van der Waals surface area contributed by atoms with Crippen LogP contribution >= 0.6 is 0 Å². The number of anilines is 1. The summed E-state index contributed by atoms with van der Waals surface area (Å²) in [5, 5.41) is 11.7. The maximum atomic E-state index is 13.1. The summed E-state index contributed by atoms with van der Waals surface area (Å²) in [7, 11) is 0. The van der Waals surface area contributed by atoms with Gasteiger partial charge in [0.2, 0.25) is 0 Å². The monoisotopic (exact) mass is 484 g/mol. The Labute approximate surface area is 215 Å². The number of hydrogen-bond donors (Lipinski definition) is 1. The summed E-state index contributed by atoms with van der Waals surface area (Å²) in [6.45, 7) is 10.8. The smallest absolute Gasteiger partial charge is 0.256 e. The third-order valence-electron chi connectivity index (χ3n) is 6.20. The molecule has 36 heavy (non-hydrogen) atoms. The molecule has 0 unspecified atom stereocenters. The molecule has 0 heterocycles. The van der Waals surface area contributed by atoms with Crippen molar-refractivity contribution in [1.29, 1.82) is 5.26 Å². The molecule has 3 aromatic rings. The number of hydrogen-bond acceptors (Lipinski definition) is 4. The number of carbonyl (C=O) groups is 1. The quantitative estimate of drug-likeness (QED) is 0.285. The van der Waals surface area contributed by atoms with Gasteiger partial charge in [0.15, 0.2) is 0 Å². The third-order valence-corrected chi connectivity index (χ3v) is 6.20. The Morgan fingerprint density at radius 2 is 1.67 bits per heavy atom. The van der Waals surface area contributed by atoms with Crippen molar-refractivity contribution in [2.75, 3.05) is 11.9 Å². The lowest BCUT2D eigenvalue weighted by Crippen LogP contribution is -2.15. The van der Waals surface area contributed by atoms with Gasteiger partial charge in [0, 0.05) is 12.0 Å². The van der Waals surface area contributed by atoms with Crippen LogP contribution in [0.25, 0.3) is 0 Å². The van der Waals surface area contributed by atoms with Crippen LogP contribution in [0.5, 0.6) is 11.5 Å². The standard InChI is InChI=1S/C31H36N2O3/c1-21(2)20-25-12-14-26(15-13-25)24(5)36-29-17-16-27(22(3)23(29)4)31(34)33-28-10-6-7-11-30(28)35-19-9-8-18-32/h6-7,10-17,21,24H,8-9,19-20H2,1-5H3,(H,33,34)/t24-/m0/s1. The van der Waals surface area contributed by atoms with Crippen LogP contribution in [0.2, 0.25) is 0 Å². The van der Waals surface area contributed by atoms with Crippen LogP contribution in [-0.4, -0.2) is 12.5 Å². The third kappa shape index (κ3) is 7.11. The first-order valence-corrected chi connectivity index (χ1v) is 12.6. The van der Waals surface area contributed by atoms with E-state index in [-0.39, 0.29) is 12.0 Å². The molecule has 0 aliphatic heterocycles. The first-order valence-electron chi connectivity index (χ1n) is 12.6. The predicted octanol–water partition coefficient (Wildman–Crippen LogP) is 7.58. The first-order chi connectivity index (χ1) is 17.3. The van der Waals surface area contributed by atoms with Gasteiger partial charge in [0.25, 0.3) is 5.91 Å². The second kappa shape index (κ2) is 12.8. The number of nitrogens with one attached hydrogen (secondary N) is 1. The van der Waals surface area contributed by atoms with E-state index in [4.69, 9.17) is 14.7 Å². The highest BCUT2D eigenvalue weighted by Gasteiger charge is 2.17. The van der Waals surface area contributed by atoms with Crippen LogP contribution in [0.15, 0.2) is 60.7 Å². The van der Waals surface area contributed by atoms with E-state index < -0.39 is 0 Å². The van der Waals surface area contributed by atoms with Crippen LogP contribution in [0.3, 0.4) is 0 Å². The molecular formula is C31H36N2O3. The lowest BCUT2D eigenvalue weighted by molar-refractivity contribution is 0.102. The van der Waals surface area contributed by atoms with Gasteiger partial charge in [-0.2, -0.15) is 5.26 Å². The number of benzene rings is 3. The number of ether oxygens (including phenoxy) is 2. The van der Waals surface area contributed by atoms with Gasteiger partial charge in [0.05, 0.1) is 18.4 Å². The Hall–Kier alpha value is -3.78. The van der Waals surface area contributed by atoms with Crippen LogP contribution in [0, 0.1) is 31.1 Å². The van der Waals surface area contributed by atoms with Gasteiger partial charge in [-0.25, -0.2) is 0 Å². The van der Waals surface area contributed by atoms with Crippen molar-refractivity contribution in [3.8, 4) is 17.6 Å². The van der Waals surface area contributed by atoms with Gasteiger partial charge in [0.1, 0.15) is 17.6 Å². The van der Waals surface area contributed by atoms with Crippen molar-refractivity contribution in [3.05, 3.63) is 88.5 Å². The Morgan fingerprint density at radius 1 is 0.944 bits per heavy atom. The molecule has 3 rings (SSSR count). The Bertz CT molecular complexity index is 1210. The molecule has 5 heteroatoms. The van der Waals surface area contributed by atoms with Gasteiger partial charge < -0.3 is 14.8 Å². The molecule has 0 aliphatic carbocycles. The van der Waals surface area contributed by atoms with Crippen LogP contribution in [0.4, 0.5) is 5.69 Å². The predicted molar refractivity (Wildman–Crippen MR) is 145 cm³/mol. The highest BCUT2D eigenvalue weighted by molar-refractivity contribution is 6.06. The van der Waals surface area contributed by atoms with Gasteiger partial charge >= 0.3 is 0 Å². The van der Waals surface area contributed by atoms with Gasteiger partial charge in [-0.3, -0.25) is 4.79 Å². The average Bonchev–Trinajstić information content (AvgIpc) is 2.85. The minimum atomic E-state index is -0.205. The molecule has 0 fully saturated rings. The number of para-hydroxylation sites is 2. The number of rotatable bonds is 11. The van der Waals surface area contributed by atoms with Crippen LogP contribution in [0.1, 0.15) is 72.3 Å². The second-order valence-corrected chi connectivity index (χ2v) is 9.52. The second-order valence-electron chi connectivity index (χ2n) is 9.52. The van der Waals surface area contributed by atoms with Crippen molar-refractivity contribution in [1.82, 2.24) is 0 Å². The molecular weight excluding hydrogens is 448 g/mol. The molecule has 1 atom stereocenters. The maximum absolute atomic E-state index is 13.1. The molecule has 1 amide bonds. The topological polar surface area (TPSA) is 71.3 Å². The van der Waals surface area contributed by atoms with E-state index in [9.17, 15) is 4.79 Å². The Morgan fingerprint density at radius 3 is 2.36 bits per heavy atom. The summed E-state index contributed by atoms with van der Waals surface area (Å²) in [5.41, 5.74) is 5.45. The zero-order valence-corrected chi connectivity index (χ0v) is 21.9. The number of unbranched alkanes of at least 4 members (excludes halogenated alkanes) is 1. The first kappa shape index (κ1) is 26.8. The van der Waals surface area contributed by atoms with E-state index in [1.807, 2.05) is 57.2 Å². The summed E-state index contributed by atoms with van der Waals surface area (Å²) in [5.74, 6) is 1.78. The summed E-state index contributed by atoms with van der Waals surface area (Å²) in [6, 6.07) is 21.7. The number of nitrogens with zero attached hydrogens (tertiary/aromatic N) is 1. The zero-order valence-electron chi connectivity index (χ0n) is 21.9. The van der Waals surface area contributed by atoms with Crippen LogP contribution in [-0.2, 0) is 6.42 Å². The average molecular weight is 485 g/mol. The van der Waals surface area contributed by atoms with E-state index in [1.54, 1.807) is 0 Å². The Balaban J connectivity index is 1.70. The fourth-order valence-corrected chi connectivity index (χ4v) is 4.04. The molecule has 5 nitrogen and oxygen atoms in total. The minimum absolute atomic E-state index is 0.110. The molecule has 188 valence electrons. The molecule has 0 saturated carbocycles. The molecule has 1 N–H and O–H groups in total. The van der Waals surface area contributed by atoms with Gasteiger partial charge in [-0.15, -0.1) is 0 Å². The van der Waals surface area contributed by atoms with Gasteiger partial charge in [-0.1, -0.05) is 50.2 Å². The largest absolute Gasteiger partial charge is 0.491 e. The molecule has 3 aromatic carbocycles. The van der Waals surface area contributed by atoms with Crippen LogP contribution < -0.4 is 14.8 Å². The molecule has 0 bridgehead atoms. The van der Waals surface area contributed by atoms with E-state index in [2.05, 4.69) is 49.5 Å². The van der Waals surface area contributed by atoms with Crippen molar-refractivity contribution in [2.24, 2.45) is 5.92 Å². The SMILES string of the molecule is Cc1c(O[C@@H](C)c2ccc(CC(C)C)cc2)ccc(C(=O)Nc2ccccc2OCCCC#N)c1C. The number of carbonyl (C=O) groups excluding carboxylic acids is 1. The molecule has 0 aliphatic rings. The number of amides is 1. The fraction of sp³-hybridized carbons (Fsp3) is 0.355. The summed E-state index contributed by atoms with van der Waals surface area (Å²) in [6.07, 6.45) is 2.03. The summed E-state index contributed by atoms with van der Waals surface area (Å²) < 4.78 is 12.1. The normalized spacial score (nSPS) is 11.6. The summed E-state index contributed by atoms with van der Waals surface area (Å²) in [4.78, 5) is 13.1. The maximum Gasteiger partial charge on any atom is 0.256 e. The Kier molecular flexibility index (Phi) is 9.53. The number of nitriles is 1. The zero-order chi connectivity index (χ0) is 26.1. The fourth-order valence-electron chi connectivity index (χ4n) is 4.04. The van der Waals surface area contributed by atoms with E-state index in [1.165, 1.54) is 5.56 Å². The molecule has 0 saturated heterocycles. The van der Waals surface area contributed by atoms with Crippen molar-refractivity contribution in [2.45, 2.75) is 60.0 Å². The van der Waals surface area contributed by atoms with Crippen molar-refractivity contribution < 1.29 is 14.3 Å². The van der Waals surface area contributed by atoms with Crippen molar-refractivity contribution >= 4 is 11.6 Å². The molecule has 0 aromatic heterocycles. The van der Waals surface area contributed by atoms with E-state index in [0.717, 1.165) is 28.9 Å². The minimum Gasteiger partial charge on any atom is -0.491 e. The molecule has 0 radical (unpaired) electrons. The summed E-state index contributed by atoms with van der Waals surface area (Å²) >= 11 is 0. The van der Waals surface area contributed by atoms with E-state index >= 15 is 0 Å². The lowest BCUT2D eigenvalue weighted by Gasteiger charge is -2.20.